The number of rotatable bonds is 4. The number of aldehydes is 2. The number of carbonyl (C=O) groups is 2. The van der Waals surface area contributed by atoms with Crippen LogP contribution in [0.1, 0.15) is 48.5 Å². The second-order valence-corrected chi connectivity index (χ2v) is 6.05. The Morgan fingerprint density at radius 2 is 1.00 bits per heavy atom. The Hall–Kier alpha value is -0.700. The zero-order valence-corrected chi connectivity index (χ0v) is 10.9. The lowest BCUT2D eigenvalue weighted by Gasteiger charge is -2.51. The van der Waals surface area contributed by atoms with Crippen LogP contribution in [0.25, 0.3) is 0 Å². The van der Waals surface area contributed by atoms with Crippen LogP contribution in [0.15, 0.2) is 0 Å². The molecule has 0 amide bonds. The Bertz CT molecular complexity index is 229. The van der Waals surface area contributed by atoms with Gasteiger partial charge in [-0.2, -0.15) is 0 Å². The number of carbonyl (C=O) groups excluding carboxylic acids is 2. The van der Waals surface area contributed by atoms with Gasteiger partial charge in [0.25, 0.3) is 0 Å². The molecule has 88 valence electrons. The predicted octanol–water partition coefficient (Wildman–Crippen LogP) is 2.04. The molecule has 0 aromatic heterocycles. The molecule has 0 aromatic rings. The predicted molar refractivity (Wildman–Crippen MR) is 61.9 cm³/mol. The first-order valence-corrected chi connectivity index (χ1v) is 5.22. The molecule has 0 aliphatic carbocycles. The average molecular weight is 213 g/mol. The van der Waals surface area contributed by atoms with Crippen molar-refractivity contribution < 1.29 is 9.59 Å². The minimum atomic E-state index is -0.650. The highest BCUT2D eigenvalue weighted by Crippen LogP contribution is 2.31. The molecule has 0 heterocycles. The van der Waals surface area contributed by atoms with Crippen molar-refractivity contribution in [2.75, 3.05) is 0 Å². The first-order chi connectivity index (χ1) is 6.49. The maximum Gasteiger partial charge on any atom is 0.139 e. The fourth-order valence-corrected chi connectivity index (χ4v) is 2.58. The van der Waals surface area contributed by atoms with Crippen LogP contribution in [-0.2, 0) is 9.59 Å². The lowest BCUT2D eigenvalue weighted by Crippen LogP contribution is -2.64. The summed E-state index contributed by atoms with van der Waals surface area (Å²) in [6, 6.07) is 0. The first kappa shape index (κ1) is 14.3. The van der Waals surface area contributed by atoms with Gasteiger partial charge in [0, 0.05) is 5.54 Å². The maximum atomic E-state index is 11.1. The molecule has 0 atom stereocenters. The van der Waals surface area contributed by atoms with Crippen LogP contribution in [0.5, 0.6) is 0 Å². The van der Waals surface area contributed by atoms with Gasteiger partial charge in [-0.25, -0.2) is 0 Å². The Morgan fingerprint density at radius 1 is 0.733 bits per heavy atom. The summed E-state index contributed by atoms with van der Waals surface area (Å²) in [5.74, 6) is 0. The van der Waals surface area contributed by atoms with E-state index in [1.807, 2.05) is 53.4 Å². The molecular formula is C12H23NO2. The summed E-state index contributed by atoms with van der Waals surface area (Å²) in [5, 5.41) is 0. The van der Waals surface area contributed by atoms with Crippen molar-refractivity contribution in [3.8, 4) is 0 Å². The highest BCUT2D eigenvalue weighted by atomic mass is 16.1. The first-order valence-electron chi connectivity index (χ1n) is 5.22. The van der Waals surface area contributed by atoms with Gasteiger partial charge in [0.1, 0.15) is 12.6 Å². The molecule has 3 nitrogen and oxygen atoms in total. The van der Waals surface area contributed by atoms with Crippen LogP contribution in [0.3, 0.4) is 0 Å². The molecule has 0 saturated heterocycles. The summed E-state index contributed by atoms with van der Waals surface area (Å²) < 4.78 is 0. The fourth-order valence-electron chi connectivity index (χ4n) is 2.58. The third-order valence-corrected chi connectivity index (χ3v) is 2.40. The van der Waals surface area contributed by atoms with Gasteiger partial charge in [0.15, 0.2) is 0 Å². The fraction of sp³-hybridized carbons (Fsp3) is 0.833. The molecular weight excluding hydrogens is 190 g/mol. The summed E-state index contributed by atoms with van der Waals surface area (Å²) in [5.41, 5.74) is -1.54. The van der Waals surface area contributed by atoms with Gasteiger partial charge in [-0.3, -0.25) is 4.90 Å². The summed E-state index contributed by atoms with van der Waals surface area (Å²) in [4.78, 5) is 24.2. The molecule has 0 spiro atoms. The van der Waals surface area contributed by atoms with Gasteiger partial charge < -0.3 is 9.59 Å². The van der Waals surface area contributed by atoms with Gasteiger partial charge in [0.05, 0.1) is 11.1 Å². The smallest absolute Gasteiger partial charge is 0.139 e. The van der Waals surface area contributed by atoms with Crippen LogP contribution in [-0.4, -0.2) is 34.1 Å². The topological polar surface area (TPSA) is 37.4 Å². The van der Waals surface area contributed by atoms with Gasteiger partial charge in [0.2, 0.25) is 0 Å². The quantitative estimate of drug-likeness (QED) is 0.671. The van der Waals surface area contributed by atoms with E-state index >= 15 is 0 Å². The van der Waals surface area contributed by atoms with Crippen molar-refractivity contribution >= 4 is 12.6 Å². The Morgan fingerprint density at radius 3 is 1.13 bits per heavy atom. The molecule has 0 aliphatic rings. The van der Waals surface area contributed by atoms with Gasteiger partial charge in [-0.1, -0.05) is 0 Å². The minimum Gasteiger partial charge on any atom is -0.301 e. The monoisotopic (exact) mass is 213 g/mol. The van der Waals surface area contributed by atoms with Crippen molar-refractivity contribution in [3.63, 3.8) is 0 Å². The molecule has 3 heteroatoms. The van der Waals surface area contributed by atoms with Crippen LogP contribution >= 0.6 is 0 Å². The lowest BCUT2D eigenvalue weighted by atomic mass is 9.87. The minimum absolute atomic E-state index is 0.241. The third kappa shape index (κ3) is 3.13. The van der Waals surface area contributed by atoms with E-state index in [1.165, 1.54) is 0 Å². The van der Waals surface area contributed by atoms with Crippen molar-refractivity contribution in [2.24, 2.45) is 0 Å². The largest absolute Gasteiger partial charge is 0.301 e. The normalized spacial score (nSPS) is 14.1. The van der Waals surface area contributed by atoms with E-state index in [1.54, 1.807) is 0 Å². The summed E-state index contributed by atoms with van der Waals surface area (Å²) in [7, 11) is 0. The number of hydrogen-bond acceptors (Lipinski definition) is 3. The van der Waals surface area contributed by atoms with E-state index in [0.717, 1.165) is 12.6 Å². The van der Waals surface area contributed by atoms with E-state index in [0.29, 0.717) is 0 Å². The summed E-state index contributed by atoms with van der Waals surface area (Å²) in [6.45, 7) is 13.3. The summed E-state index contributed by atoms with van der Waals surface area (Å²) in [6.07, 6.45) is 1.78. The Balaban J connectivity index is 5.45. The van der Waals surface area contributed by atoms with Crippen molar-refractivity contribution in [1.82, 2.24) is 4.90 Å². The van der Waals surface area contributed by atoms with Crippen molar-refractivity contribution in [1.29, 1.82) is 0 Å². The second-order valence-electron chi connectivity index (χ2n) is 6.05. The van der Waals surface area contributed by atoms with Crippen LogP contribution in [0.4, 0.5) is 0 Å². The van der Waals surface area contributed by atoms with Crippen molar-refractivity contribution in [3.05, 3.63) is 0 Å². The van der Waals surface area contributed by atoms with Crippen molar-refractivity contribution in [2.45, 2.75) is 65.1 Å². The standard InChI is InChI=1S/C12H23NO2/c1-10(2,3)13(11(4,5)8-14)12(6,7)9-15/h8-9H,1-7H3. The van der Waals surface area contributed by atoms with E-state index in [2.05, 4.69) is 0 Å². The Labute approximate surface area is 92.8 Å². The van der Waals surface area contributed by atoms with Gasteiger partial charge in [-0.15, -0.1) is 0 Å². The molecule has 0 rings (SSSR count). The molecule has 0 aromatic carbocycles. The molecule has 15 heavy (non-hydrogen) atoms. The molecule has 0 fully saturated rings. The van der Waals surface area contributed by atoms with E-state index in [-0.39, 0.29) is 5.54 Å². The zero-order chi connectivity index (χ0) is 12.5. The highest BCUT2D eigenvalue weighted by molar-refractivity contribution is 5.68. The zero-order valence-electron chi connectivity index (χ0n) is 10.9. The average Bonchev–Trinajstić information content (AvgIpc) is 2.00. The molecule has 0 radical (unpaired) electrons. The number of nitrogens with zero attached hydrogens (tertiary/aromatic N) is 1. The molecule has 0 unspecified atom stereocenters. The molecule has 0 bridgehead atoms. The van der Waals surface area contributed by atoms with Crippen LogP contribution in [0, 0.1) is 0 Å². The van der Waals surface area contributed by atoms with E-state index in [4.69, 9.17) is 0 Å². The maximum absolute atomic E-state index is 11.1. The van der Waals surface area contributed by atoms with Gasteiger partial charge in [-0.05, 0) is 48.5 Å². The van der Waals surface area contributed by atoms with Crippen LogP contribution in [0.2, 0.25) is 0 Å². The van der Waals surface area contributed by atoms with E-state index < -0.39 is 11.1 Å². The lowest BCUT2D eigenvalue weighted by molar-refractivity contribution is -0.136. The third-order valence-electron chi connectivity index (χ3n) is 2.40. The molecule has 0 N–H and O–H groups in total. The highest BCUT2D eigenvalue weighted by Gasteiger charge is 2.44. The number of hydrogen-bond donors (Lipinski definition) is 0. The van der Waals surface area contributed by atoms with E-state index in [9.17, 15) is 9.59 Å². The Kier molecular flexibility index (Phi) is 3.86. The second kappa shape index (κ2) is 4.05. The van der Waals surface area contributed by atoms with Crippen LogP contribution < -0.4 is 0 Å². The molecule has 0 aliphatic heterocycles. The molecule has 0 saturated carbocycles. The summed E-state index contributed by atoms with van der Waals surface area (Å²) >= 11 is 0. The van der Waals surface area contributed by atoms with Gasteiger partial charge >= 0.3 is 0 Å². The SMILES string of the molecule is CC(C)(C)N(C(C)(C)C=O)C(C)(C)C=O.